The number of carbonyl (C=O) groups excluding carboxylic acids is 1. The molecular formula is C16H34IN5O. The number of guanidine groups is 1. The Bertz CT molecular complexity index is 356. The van der Waals surface area contributed by atoms with E-state index >= 15 is 0 Å². The maximum absolute atomic E-state index is 11.5. The topological polar surface area (TPSA) is 68.8 Å². The quantitative estimate of drug-likeness (QED) is 0.209. The minimum atomic E-state index is 0. The van der Waals surface area contributed by atoms with E-state index in [0.29, 0.717) is 19.1 Å². The highest BCUT2D eigenvalue weighted by Gasteiger charge is 2.28. The van der Waals surface area contributed by atoms with Crippen LogP contribution in [0.25, 0.3) is 0 Å². The van der Waals surface area contributed by atoms with Crippen LogP contribution in [-0.2, 0) is 4.79 Å². The third-order valence-corrected chi connectivity index (χ3v) is 3.96. The number of likely N-dealkylation sites (N-methyl/N-ethyl adjacent to an activating group) is 1. The van der Waals surface area contributed by atoms with Gasteiger partial charge in [-0.1, -0.05) is 13.8 Å². The fourth-order valence-electron chi connectivity index (χ4n) is 2.38. The van der Waals surface area contributed by atoms with E-state index < -0.39 is 0 Å². The molecule has 1 saturated carbocycles. The minimum Gasteiger partial charge on any atom is -0.357 e. The Labute approximate surface area is 158 Å². The molecule has 0 spiro atoms. The van der Waals surface area contributed by atoms with Crippen LogP contribution in [0, 0.1) is 5.92 Å². The van der Waals surface area contributed by atoms with Crippen LogP contribution in [-0.4, -0.2) is 62.1 Å². The van der Waals surface area contributed by atoms with Gasteiger partial charge in [0.2, 0.25) is 5.91 Å². The maximum atomic E-state index is 11.5. The number of halogens is 1. The van der Waals surface area contributed by atoms with Crippen LogP contribution in [0.3, 0.4) is 0 Å². The summed E-state index contributed by atoms with van der Waals surface area (Å²) in [4.78, 5) is 18.6. The molecule has 1 fully saturated rings. The monoisotopic (exact) mass is 439 g/mol. The first kappa shape index (κ1) is 22.4. The van der Waals surface area contributed by atoms with E-state index in [1.165, 1.54) is 0 Å². The third kappa shape index (κ3) is 9.34. The predicted molar refractivity (Wildman–Crippen MR) is 108 cm³/mol. The first-order chi connectivity index (χ1) is 10.6. The Hall–Kier alpha value is -0.570. The molecule has 0 aromatic heterocycles. The van der Waals surface area contributed by atoms with Gasteiger partial charge >= 0.3 is 0 Å². The first-order valence-electron chi connectivity index (χ1n) is 8.66. The number of nitrogens with one attached hydrogen (secondary N) is 3. The van der Waals surface area contributed by atoms with Crippen LogP contribution in [0.5, 0.6) is 0 Å². The van der Waals surface area contributed by atoms with Gasteiger partial charge in [-0.05, 0) is 39.8 Å². The molecule has 3 N–H and O–H groups in total. The van der Waals surface area contributed by atoms with Crippen molar-refractivity contribution in [2.75, 3.05) is 39.3 Å². The SMILES string of the molecule is CCNC(=NCC(C)N(CC)CC)NCCNC(=O)C1CC1.I. The van der Waals surface area contributed by atoms with Crippen molar-refractivity contribution in [3.05, 3.63) is 0 Å². The Morgan fingerprint density at radius 1 is 1.13 bits per heavy atom. The molecule has 1 rings (SSSR count). The van der Waals surface area contributed by atoms with Crippen LogP contribution in [0.2, 0.25) is 0 Å². The lowest BCUT2D eigenvalue weighted by molar-refractivity contribution is -0.122. The number of nitrogens with zero attached hydrogens (tertiary/aromatic N) is 2. The highest BCUT2D eigenvalue weighted by atomic mass is 127. The average Bonchev–Trinajstić information content (AvgIpc) is 3.34. The number of amides is 1. The van der Waals surface area contributed by atoms with Gasteiger partial charge in [-0.15, -0.1) is 24.0 Å². The molecule has 1 unspecified atom stereocenters. The van der Waals surface area contributed by atoms with Gasteiger partial charge in [-0.2, -0.15) is 0 Å². The molecule has 1 aliphatic carbocycles. The summed E-state index contributed by atoms with van der Waals surface area (Å²) < 4.78 is 0. The summed E-state index contributed by atoms with van der Waals surface area (Å²) in [5.74, 6) is 1.29. The summed E-state index contributed by atoms with van der Waals surface area (Å²) in [5, 5.41) is 9.47. The second-order valence-corrected chi connectivity index (χ2v) is 5.78. The largest absolute Gasteiger partial charge is 0.357 e. The van der Waals surface area contributed by atoms with Crippen molar-refractivity contribution >= 4 is 35.8 Å². The van der Waals surface area contributed by atoms with Crippen LogP contribution in [0.4, 0.5) is 0 Å². The van der Waals surface area contributed by atoms with Crippen LogP contribution < -0.4 is 16.0 Å². The summed E-state index contributed by atoms with van der Waals surface area (Å²) in [5.41, 5.74) is 0. The van der Waals surface area contributed by atoms with Gasteiger partial charge in [0.15, 0.2) is 5.96 Å². The van der Waals surface area contributed by atoms with Crippen molar-refractivity contribution in [2.45, 2.75) is 46.6 Å². The van der Waals surface area contributed by atoms with Gasteiger partial charge in [0.1, 0.15) is 0 Å². The van der Waals surface area contributed by atoms with E-state index in [1.54, 1.807) is 0 Å². The smallest absolute Gasteiger partial charge is 0.223 e. The molecule has 23 heavy (non-hydrogen) atoms. The van der Waals surface area contributed by atoms with Crippen molar-refractivity contribution in [3.63, 3.8) is 0 Å². The standard InChI is InChI=1S/C16H33N5O.HI/c1-5-17-16(20-12-13(4)21(6-2)7-3)19-11-10-18-15(22)14-8-9-14;/h13-14H,5-12H2,1-4H3,(H,18,22)(H2,17,19,20);1H. The Balaban J connectivity index is 0.00000484. The zero-order valence-electron chi connectivity index (χ0n) is 15.0. The summed E-state index contributed by atoms with van der Waals surface area (Å²) in [6.07, 6.45) is 2.10. The number of aliphatic imine (C=N–C) groups is 1. The third-order valence-electron chi connectivity index (χ3n) is 3.96. The zero-order valence-corrected chi connectivity index (χ0v) is 17.4. The summed E-state index contributed by atoms with van der Waals surface area (Å²) in [7, 11) is 0. The molecule has 136 valence electrons. The summed E-state index contributed by atoms with van der Waals surface area (Å²) >= 11 is 0. The molecule has 0 saturated heterocycles. The number of hydrogen-bond donors (Lipinski definition) is 3. The van der Waals surface area contributed by atoms with E-state index in [-0.39, 0.29) is 35.8 Å². The van der Waals surface area contributed by atoms with E-state index in [1.807, 2.05) is 0 Å². The summed E-state index contributed by atoms with van der Waals surface area (Å²) in [6, 6.07) is 0.431. The normalized spacial score (nSPS) is 15.8. The van der Waals surface area contributed by atoms with E-state index in [0.717, 1.165) is 45.0 Å². The Morgan fingerprint density at radius 3 is 2.26 bits per heavy atom. The van der Waals surface area contributed by atoms with Crippen molar-refractivity contribution in [3.8, 4) is 0 Å². The molecule has 0 aromatic rings. The molecule has 0 bridgehead atoms. The lowest BCUT2D eigenvalue weighted by atomic mass is 10.3. The van der Waals surface area contributed by atoms with E-state index in [2.05, 4.69) is 53.5 Å². The Morgan fingerprint density at radius 2 is 1.74 bits per heavy atom. The summed E-state index contributed by atoms with van der Waals surface area (Å²) in [6.45, 7) is 13.6. The van der Waals surface area contributed by atoms with Crippen molar-refractivity contribution in [2.24, 2.45) is 10.9 Å². The minimum absolute atomic E-state index is 0. The first-order valence-corrected chi connectivity index (χ1v) is 8.66. The molecule has 0 radical (unpaired) electrons. The number of rotatable bonds is 10. The second-order valence-electron chi connectivity index (χ2n) is 5.78. The average molecular weight is 439 g/mol. The van der Waals surface area contributed by atoms with Crippen molar-refractivity contribution in [1.82, 2.24) is 20.9 Å². The van der Waals surface area contributed by atoms with Crippen LogP contribution in [0.15, 0.2) is 4.99 Å². The Kier molecular flexibility index (Phi) is 12.5. The molecule has 1 atom stereocenters. The van der Waals surface area contributed by atoms with E-state index in [4.69, 9.17) is 0 Å². The molecule has 0 heterocycles. The maximum Gasteiger partial charge on any atom is 0.223 e. The molecule has 6 nitrogen and oxygen atoms in total. The molecule has 0 aromatic carbocycles. The highest BCUT2D eigenvalue weighted by Crippen LogP contribution is 2.28. The molecule has 7 heteroatoms. The molecular weight excluding hydrogens is 405 g/mol. The highest BCUT2D eigenvalue weighted by molar-refractivity contribution is 14.0. The zero-order chi connectivity index (χ0) is 16.4. The van der Waals surface area contributed by atoms with Gasteiger partial charge in [0.05, 0.1) is 6.54 Å². The van der Waals surface area contributed by atoms with Gasteiger partial charge in [0.25, 0.3) is 0 Å². The second kappa shape index (κ2) is 12.8. The fourth-order valence-corrected chi connectivity index (χ4v) is 2.38. The van der Waals surface area contributed by atoms with E-state index in [9.17, 15) is 4.79 Å². The molecule has 1 aliphatic rings. The molecule has 0 aliphatic heterocycles. The lowest BCUT2D eigenvalue weighted by Gasteiger charge is -2.25. The van der Waals surface area contributed by atoms with Crippen LogP contribution >= 0.6 is 24.0 Å². The van der Waals surface area contributed by atoms with Crippen molar-refractivity contribution in [1.29, 1.82) is 0 Å². The van der Waals surface area contributed by atoms with Gasteiger partial charge < -0.3 is 16.0 Å². The number of carbonyl (C=O) groups is 1. The van der Waals surface area contributed by atoms with Gasteiger partial charge in [-0.25, -0.2) is 0 Å². The molecule has 1 amide bonds. The van der Waals surface area contributed by atoms with Crippen LogP contribution in [0.1, 0.15) is 40.5 Å². The lowest BCUT2D eigenvalue weighted by Crippen LogP contribution is -2.43. The van der Waals surface area contributed by atoms with Crippen molar-refractivity contribution < 1.29 is 4.79 Å². The fraction of sp³-hybridized carbons (Fsp3) is 0.875. The van der Waals surface area contributed by atoms with Gasteiger partial charge in [0, 0.05) is 31.6 Å². The van der Waals surface area contributed by atoms with Gasteiger partial charge in [-0.3, -0.25) is 14.7 Å². The number of hydrogen-bond acceptors (Lipinski definition) is 3. The predicted octanol–water partition coefficient (Wildman–Crippen LogP) is 1.42.